The number of aromatic nitrogens is 2. The normalized spacial score (nSPS) is 15.6. The average molecular weight is 375 g/mol. The summed E-state index contributed by atoms with van der Waals surface area (Å²) < 4.78 is 0. The van der Waals surface area contributed by atoms with Gasteiger partial charge in [-0.15, -0.1) is 0 Å². The second-order valence-electron chi connectivity index (χ2n) is 7.53. The molecular weight excluding hydrogens is 350 g/mol. The lowest BCUT2D eigenvalue weighted by atomic mass is 9.93. The number of carboxylic acid groups (broad SMARTS) is 1. The van der Waals surface area contributed by atoms with Gasteiger partial charge in [0.25, 0.3) is 0 Å². The van der Waals surface area contributed by atoms with Gasteiger partial charge >= 0.3 is 5.97 Å². The molecule has 0 radical (unpaired) electrons. The number of nitrogens with zero attached hydrogens (tertiary/aromatic N) is 2. The maximum atomic E-state index is 11.0. The van der Waals surface area contributed by atoms with Crippen molar-refractivity contribution in [1.29, 1.82) is 0 Å². The number of benzene rings is 2. The van der Waals surface area contributed by atoms with Gasteiger partial charge < -0.3 is 5.11 Å². The molecule has 0 amide bonds. The van der Waals surface area contributed by atoms with Gasteiger partial charge in [-0.25, -0.2) is 4.79 Å². The Balaban J connectivity index is 1.30. The number of hydrogen-bond acceptors (Lipinski definition) is 3. The van der Waals surface area contributed by atoms with Crippen LogP contribution >= 0.6 is 0 Å². The van der Waals surface area contributed by atoms with Crippen molar-refractivity contribution in [3.05, 3.63) is 88.7 Å². The largest absolute Gasteiger partial charge is 0.478 e. The molecule has 1 saturated heterocycles. The van der Waals surface area contributed by atoms with Crippen molar-refractivity contribution < 1.29 is 9.90 Å². The van der Waals surface area contributed by atoms with E-state index in [2.05, 4.69) is 45.4 Å². The van der Waals surface area contributed by atoms with Gasteiger partial charge in [-0.3, -0.25) is 10.00 Å². The Kier molecular flexibility index (Phi) is 5.53. The van der Waals surface area contributed by atoms with Crippen LogP contribution in [0.3, 0.4) is 0 Å². The van der Waals surface area contributed by atoms with Gasteiger partial charge in [0, 0.05) is 24.6 Å². The SMILES string of the molecule is O=C(O)c1ccc(CN2CCC(c3cc(Cc4ccccc4)[nH]n3)CC2)cc1. The highest BCUT2D eigenvalue weighted by Gasteiger charge is 2.22. The lowest BCUT2D eigenvalue weighted by Crippen LogP contribution is -2.32. The summed E-state index contributed by atoms with van der Waals surface area (Å²) in [5.41, 5.74) is 5.14. The lowest BCUT2D eigenvalue weighted by molar-refractivity contribution is 0.0697. The van der Waals surface area contributed by atoms with Crippen LogP contribution in [0.1, 0.15) is 51.6 Å². The van der Waals surface area contributed by atoms with Crippen LogP contribution in [0.25, 0.3) is 0 Å². The van der Waals surface area contributed by atoms with Crippen molar-refractivity contribution >= 4 is 5.97 Å². The Hall–Kier alpha value is -2.92. The fourth-order valence-corrected chi connectivity index (χ4v) is 3.89. The standard InChI is InChI=1S/C23H25N3O2/c27-23(28)20-8-6-18(7-9-20)16-26-12-10-19(11-13-26)22-15-21(24-25-22)14-17-4-2-1-3-5-17/h1-9,15,19H,10-14,16H2,(H,24,25)(H,27,28). The van der Waals surface area contributed by atoms with Gasteiger partial charge in [0.1, 0.15) is 0 Å². The summed E-state index contributed by atoms with van der Waals surface area (Å²) in [6.45, 7) is 2.94. The molecule has 0 unspecified atom stereocenters. The Morgan fingerprint density at radius 3 is 2.43 bits per heavy atom. The molecule has 0 spiro atoms. The van der Waals surface area contributed by atoms with Crippen LogP contribution in [0.2, 0.25) is 0 Å². The molecule has 2 heterocycles. The molecule has 1 aliphatic rings. The quantitative estimate of drug-likeness (QED) is 0.681. The predicted molar refractivity (Wildman–Crippen MR) is 108 cm³/mol. The van der Waals surface area contributed by atoms with E-state index in [1.165, 1.54) is 17.0 Å². The summed E-state index contributed by atoms with van der Waals surface area (Å²) in [5, 5.41) is 16.8. The van der Waals surface area contributed by atoms with Crippen LogP contribution in [-0.2, 0) is 13.0 Å². The number of nitrogens with one attached hydrogen (secondary N) is 1. The van der Waals surface area contributed by atoms with Crippen molar-refractivity contribution in [3.8, 4) is 0 Å². The summed E-state index contributed by atoms with van der Waals surface area (Å²) in [6, 6.07) is 19.9. The number of hydrogen-bond donors (Lipinski definition) is 2. The van der Waals surface area contributed by atoms with Crippen LogP contribution in [0.15, 0.2) is 60.7 Å². The molecule has 2 N–H and O–H groups in total. The summed E-state index contributed by atoms with van der Waals surface area (Å²) in [5.74, 6) is -0.371. The first-order chi connectivity index (χ1) is 13.7. The first-order valence-corrected chi connectivity index (χ1v) is 9.80. The summed E-state index contributed by atoms with van der Waals surface area (Å²) >= 11 is 0. The minimum Gasteiger partial charge on any atom is -0.478 e. The highest BCUT2D eigenvalue weighted by atomic mass is 16.4. The van der Waals surface area contributed by atoms with Crippen LogP contribution in [0.4, 0.5) is 0 Å². The Morgan fingerprint density at radius 2 is 1.75 bits per heavy atom. The topological polar surface area (TPSA) is 69.2 Å². The average Bonchev–Trinajstić information content (AvgIpc) is 3.18. The van der Waals surface area contributed by atoms with Gasteiger partial charge in [0.15, 0.2) is 0 Å². The van der Waals surface area contributed by atoms with E-state index < -0.39 is 5.97 Å². The highest BCUT2D eigenvalue weighted by molar-refractivity contribution is 5.87. The van der Waals surface area contributed by atoms with Gasteiger partial charge in [0.05, 0.1) is 11.3 Å². The van der Waals surface area contributed by atoms with E-state index in [1.807, 2.05) is 18.2 Å². The van der Waals surface area contributed by atoms with E-state index in [4.69, 9.17) is 5.11 Å². The molecule has 2 aromatic carbocycles. The van der Waals surface area contributed by atoms with E-state index in [0.717, 1.165) is 44.5 Å². The molecule has 0 atom stereocenters. The number of aromatic carboxylic acids is 1. The molecule has 1 aromatic heterocycles. The number of H-pyrrole nitrogens is 1. The molecular formula is C23H25N3O2. The Morgan fingerprint density at radius 1 is 1.04 bits per heavy atom. The first-order valence-electron chi connectivity index (χ1n) is 9.80. The second kappa shape index (κ2) is 8.40. The highest BCUT2D eigenvalue weighted by Crippen LogP contribution is 2.28. The third-order valence-electron chi connectivity index (χ3n) is 5.50. The van der Waals surface area contributed by atoms with E-state index in [-0.39, 0.29) is 0 Å². The van der Waals surface area contributed by atoms with Gasteiger partial charge in [0.2, 0.25) is 0 Å². The molecule has 1 fully saturated rings. The molecule has 0 aliphatic carbocycles. The smallest absolute Gasteiger partial charge is 0.335 e. The lowest BCUT2D eigenvalue weighted by Gasteiger charge is -2.31. The predicted octanol–water partition coefficient (Wildman–Crippen LogP) is 4.08. The monoisotopic (exact) mass is 375 g/mol. The number of carboxylic acids is 1. The number of likely N-dealkylation sites (tertiary alicyclic amines) is 1. The zero-order chi connectivity index (χ0) is 19.3. The third kappa shape index (κ3) is 4.49. The third-order valence-corrected chi connectivity index (χ3v) is 5.50. The number of aromatic amines is 1. The number of piperidine rings is 1. The number of carbonyl (C=O) groups is 1. The van der Waals surface area contributed by atoms with Gasteiger partial charge in [-0.1, -0.05) is 42.5 Å². The van der Waals surface area contributed by atoms with Crippen LogP contribution in [-0.4, -0.2) is 39.3 Å². The zero-order valence-corrected chi connectivity index (χ0v) is 15.8. The molecule has 0 saturated carbocycles. The van der Waals surface area contributed by atoms with Crippen molar-refractivity contribution in [2.45, 2.75) is 31.7 Å². The fraction of sp³-hybridized carbons (Fsp3) is 0.304. The van der Waals surface area contributed by atoms with E-state index >= 15 is 0 Å². The van der Waals surface area contributed by atoms with E-state index in [0.29, 0.717) is 11.5 Å². The molecule has 5 heteroatoms. The molecule has 5 nitrogen and oxygen atoms in total. The van der Waals surface area contributed by atoms with E-state index in [1.54, 1.807) is 12.1 Å². The van der Waals surface area contributed by atoms with Crippen molar-refractivity contribution in [1.82, 2.24) is 15.1 Å². The first kappa shape index (κ1) is 18.4. The minimum absolute atomic E-state index is 0.340. The minimum atomic E-state index is -0.877. The summed E-state index contributed by atoms with van der Waals surface area (Å²) in [6.07, 6.45) is 3.09. The molecule has 3 aromatic rings. The molecule has 0 bridgehead atoms. The summed E-state index contributed by atoms with van der Waals surface area (Å²) in [7, 11) is 0. The zero-order valence-electron chi connectivity index (χ0n) is 15.8. The van der Waals surface area contributed by atoms with Crippen LogP contribution in [0.5, 0.6) is 0 Å². The van der Waals surface area contributed by atoms with Crippen molar-refractivity contribution in [3.63, 3.8) is 0 Å². The Bertz CT molecular complexity index is 911. The molecule has 144 valence electrons. The van der Waals surface area contributed by atoms with Gasteiger partial charge in [-0.05, 0) is 55.3 Å². The van der Waals surface area contributed by atoms with Crippen LogP contribution in [0, 0.1) is 0 Å². The summed E-state index contributed by atoms with van der Waals surface area (Å²) in [4.78, 5) is 13.4. The fourth-order valence-electron chi connectivity index (χ4n) is 3.89. The maximum absolute atomic E-state index is 11.0. The van der Waals surface area contributed by atoms with Crippen molar-refractivity contribution in [2.75, 3.05) is 13.1 Å². The van der Waals surface area contributed by atoms with Crippen LogP contribution < -0.4 is 0 Å². The van der Waals surface area contributed by atoms with Crippen molar-refractivity contribution in [2.24, 2.45) is 0 Å². The number of rotatable bonds is 6. The van der Waals surface area contributed by atoms with Gasteiger partial charge in [-0.2, -0.15) is 5.10 Å². The Labute approximate surface area is 165 Å². The second-order valence-corrected chi connectivity index (χ2v) is 7.53. The molecule has 4 rings (SSSR count). The molecule has 1 aliphatic heterocycles. The maximum Gasteiger partial charge on any atom is 0.335 e. The van der Waals surface area contributed by atoms with E-state index in [9.17, 15) is 4.79 Å². The molecule has 28 heavy (non-hydrogen) atoms.